The summed E-state index contributed by atoms with van der Waals surface area (Å²) in [5, 5.41) is 10.6. The highest BCUT2D eigenvalue weighted by Gasteiger charge is 2.08. The van der Waals surface area contributed by atoms with Gasteiger partial charge < -0.3 is 10.1 Å². The Morgan fingerprint density at radius 3 is 2.88 bits per heavy atom. The van der Waals surface area contributed by atoms with E-state index in [4.69, 9.17) is 5.11 Å². The van der Waals surface area contributed by atoms with Crippen molar-refractivity contribution in [1.29, 1.82) is 0 Å². The van der Waals surface area contributed by atoms with Crippen molar-refractivity contribution in [3.8, 4) is 0 Å². The quantitative estimate of drug-likeness (QED) is 0.871. The number of rotatable bonds is 4. The van der Waals surface area contributed by atoms with E-state index in [0.717, 1.165) is 16.7 Å². The summed E-state index contributed by atoms with van der Waals surface area (Å²) in [6.45, 7) is 4.34. The number of hydrogen-bond donors (Lipinski definition) is 2. The fourth-order valence-corrected chi connectivity index (χ4v) is 2.45. The Kier molecular flexibility index (Phi) is 3.43. The minimum absolute atomic E-state index is 0.322. The van der Waals surface area contributed by atoms with Gasteiger partial charge in [0.2, 0.25) is 0 Å². The topological polar surface area (TPSA) is 53.1 Å². The van der Waals surface area contributed by atoms with Crippen molar-refractivity contribution in [2.24, 2.45) is 0 Å². The average Bonchev–Trinajstić information content (AvgIpc) is 2.68. The molecule has 0 atom stereocenters. The smallest absolute Gasteiger partial charge is 0.335 e. The van der Waals surface area contributed by atoms with Crippen LogP contribution in [0.5, 0.6) is 0 Å². The summed E-state index contributed by atoms with van der Waals surface area (Å²) >= 11 is 1.88. The molecule has 4 heteroatoms. The lowest BCUT2D eigenvalue weighted by Crippen LogP contribution is -1.95. The summed E-state index contributed by atoms with van der Waals surface area (Å²) in [4.78, 5) is 14.0. The number of carbonyl (C=O) groups is 1. The van der Waals surface area contributed by atoms with E-state index in [1.807, 2.05) is 24.0 Å². The highest BCUT2D eigenvalue weighted by atomic mass is 32.2. The predicted octanol–water partition coefficient (Wildman–Crippen LogP) is 3.51. The molecule has 1 aromatic carbocycles. The minimum Gasteiger partial charge on any atom is -0.478 e. The van der Waals surface area contributed by atoms with Gasteiger partial charge in [-0.15, -0.1) is 0 Å². The molecule has 17 heavy (non-hydrogen) atoms. The molecule has 0 fully saturated rings. The lowest BCUT2D eigenvalue weighted by Gasteiger charge is -2.03. The number of benzene rings is 1. The number of aromatic nitrogens is 1. The van der Waals surface area contributed by atoms with Crippen LogP contribution in [0.3, 0.4) is 0 Å². The fourth-order valence-electron chi connectivity index (χ4n) is 1.70. The largest absolute Gasteiger partial charge is 0.478 e. The number of nitrogens with one attached hydrogen (secondary N) is 1. The molecule has 0 bridgehead atoms. The molecule has 1 heterocycles. The van der Waals surface area contributed by atoms with Crippen LogP contribution in [0.4, 0.5) is 0 Å². The van der Waals surface area contributed by atoms with Crippen LogP contribution in [0.2, 0.25) is 0 Å². The number of fused-ring (bicyclic) bond motifs is 1. The van der Waals surface area contributed by atoms with E-state index in [0.29, 0.717) is 10.8 Å². The monoisotopic (exact) mass is 249 g/mol. The molecule has 0 aliphatic carbocycles. The number of H-pyrrole nitrogens is 1. The first-order chi connectivity index (χ1) is 8.08. The van der Waals surface area contributed by atoms with E-state index >= 15 is 0 Å². The Morgan fingerprint density at radius 1 is 1.47 bits per heavy atom. The Bertz CT molecular complexity index is 545. The molecule has 90 valence electrons. The van der Waals surface area contributed by atoms with Gasteiger partial charge >= 0.3 is 5.97 Å². The molecule has 2 aromatic rings. The van der Waals surface area contributed by atoms with E-state index in [1.165, 1.54) is 5.56 Å². The SMILES string of the molecule is CC(C)SCc1c[nH]c2cc(C(=O)O)ccc12. The molecule has 0 aliphatic heterocycles. The van der Waals surface area contributed by atoms with Crippen LogP contribution in [-0.2, 0) is 5.75 Å². The molecular formula is C13H15NO2S. The summed E-state index contributed by atoms with van der Waals surface area (Å²) in [7, 11) is 0. The number of aromatic carboxylic acids is 1. The van der Waals surface area contributed by atoms with Crippen molar-refractivity contribution in [2.75, 3.05) is 0 Å². The van der Waals surface area contributed by atoms with Gasteiger partial charge in [-0.3, -0.25) is 0 Å². The van der Waals surface area contributed by atoms with Gasteiger partial charge in [0, 0.05) is 22.9 Å². The van der Waals surface area contributed by atoms with Crippen LogP contribution in [0.1, 0.15) is 29.8 Å². The third-order valence-corrected chi connectivity index (χ3v) is 3.73. The summed E-state index contributed by atoms with van der Waals surface area (Å²) in [6, 6.07) is 5.22. The second-order valence-electron chi connectivity index (χ2n) is 4.24. The Labute approximate surface area is 104 Å². The number of carboxylic acids is 1. The zero-order chi connectivity index (χ0) is 12.4. The van der Waals surface area contributed by atoms with Crippen molar-refractivity contribution < 1.29 is 9.90 Å². The summed E-state index contributed by atoms with van der Waals surface area (Å²) in [5.41, 5.74) is 2.45. The zero-order valence-corrected chi connectivity index (χ0v) is 10.7. The third kappa shape index (κ3) is 2.64. The molecule has 0 saturated heterocycles. The van der Waals surface area contributed by atoms with E-state index in [1.54, 1.807) is 12.1 Å². The first kappa shape index (κ1) is 12.0. The van der Waals surface area contributed by atoms with Gasteiger partial charge in [0.1, 0.15) is 0 Å². The maximum absolute atomic E-state index is 10.8. The highest BCUT2D eigenvalue weighted by molar-refractivity contribution is 7.99. The molecule has 0 amide bonds. The molecule has 2 rings (SSSR count). The standard InChI is InChI=1S/C13H15NO2S/c1-8(2)17-7-10-6-14-12-5-9(13(15)16)3-4-11(10)12/h3-6,8,14H,7H2,1-2H3,(H,15,16). The molecule has 2 N–H and O–H groups in total. The lowest BCUT2D eigenvalue weighted by atomic mass is 10.1. The first-order valence-electron chi connectivity index (χ1n) is 5.53. The van der Waals surface area contributed by atoms with Crippen LogP contribution < -0.4 is 0 Å². The average molecular weight is 249 g/mol. The normalized spacial score (nSPS) is 11.2. The molecule has 0 aliphatic rings. The molecule has 3 nitrogen and oxygen atoms in total. The second-order valence-corrected chi connectivity index (χ2v) is 5.80. The van der Waals surface area contributed by atoms with Crippen molar-refractivity contribution in [1.82, 2.24) is 4.98 Å². The fraction of sp³-hybridized carbons (Fsp3) is 0.308. The van der Waals surface area contributed by atoms with E-state index < -0.39 is 5.97 Å². The predicted molar refractivity (Wildman–Crippen MR) is 71.7 cm³/mol. The molecule has 0 spiro atoms. The van der Waals surface area contributed by atoms with Gasteiger partial charge in [0.05, 0.1) is 5.56 Å². The summed E-state index contributed by atoms with van der Waals surface area (Å²) < 4.78 is 0. The van der Waals surface area contributed by atoms with Gasteiger partial charge in [-0.2, -0.15) is 11.8 Å². The van der Waals surface area contributed by atoms with Gasteiger partial charge in [0.25, 0.3) is 0 Å². The van der Waals surface area contributed by atoms with Crippen LogP contribution in [-0.4, -0.2) is 21.3 Å². The summed E-state index contributed by atoms with van der Waals surface area (Å²) in [6.07, 6.45) is 1.96. The van der Waals surface area contributed by atoms with Gasteiger partial charge in [0.15, 0.2) is 0 Å². The third-order valence-electron chi connectivity index (χ3n) is 2.59. The Hall–Kier alpha value is -1.42. The number of hydrogen-bond acceptors (Lipinski definition) is 2. The molecule has 1 aromatic heterocycles. The van der Waals surface area contributed by atoms with Gasteiger partial charge in [-0.25, -0.2) is 4.79 Å². The highest BCUT2D eigenvalue weighted by Crippen LogP contribution is 2.25. The van der Waals surface area contributed by atoms with E-state index in [-0.39, 0.29) is 0 Å². The molecule has 0 unspecified atom stereocenters. The van der Waals surface area contributed by atoms with E-state index in [9.17, 15) is 4.79 Å². The Morgan fingerprint density at radius 2 is 2.24 bits per heavy atom. The van der Waals surface area contributed by atoms with E-state index in [2.05, 4.69) is 18.8 Å². The van der Waals surface area contributed by atoms with Crippen LogP contribution in [0.25, 0.3) is 10.9 Å². The van der Waals surface area contributed by atoms with Crippen LogP contribution >= 0.6 is 11.8 Å². The second kappa shape index (κ2) is 4.84. The van der Waals surface area contributed by atoms with Crippen molar-refractivity contribution in [3.63, 3.8) is 0 Å². The molecular weight excluding hydrogens is 234 g/mol. The summed E-state index contributed by atoms with van der Waals surface area (Å²) in [5.74, 6) is 0.0592. The molecule has 0 saturated carbocycles. The first-order valence-corrected chi connectivity index (χ1v) is 6.57. The van der Waals surface area contributed by atoms with Crippen molar-refractivity contribution >= 4 is 28.6 Å². The number of carboxylic acid groups (broad SMARTS) is 1. The number of aromatic amines is 1. The number of thioether (sulfide) groups is 1. The zero-order valence-electron chi connectivity index (χ0n) is 9.86. The maximum atomic E-state index is 10.8. The minimum atomic E-state index is -0.889. The molecule has 0 radical (unpaired) electrons. The van der Waals surface area contributed by atoms with Crippen LogP contribution in [0, 0.1) is 0 Å². The lowest BCUT2D eigenvalue weighted by molar-refractivity contribution is 0.0697. The maximum Gasteiger partial charge on any atom is 0.335 e. The van der Waals surface area contributed by atoms with Crippen molar-refractivity contribution in [2.45, 2.75) is 24.9 Å². The van der Waals surface area contributed by atoms with Crippen LogP contribution in [0.15, 0.2) is 24.4 Å². The Balaban J connectivity index is 2.31. The van der Waals surface area contributed by atoms with Gasteiger partial charge in [-0.05, 0) is 22.9 Å². The van der Waals surface area contributed by atoms with Crippen molar-refractivity contribution in [3.05, 3.63) is 35.5 Å². The van der Waals surface area contributed by atoms with Gasteiger partial charge in [-0.1, -0.05) is 19.9 Å².